The van der Waals surface area contributed by atoms with Gasteiger partial charge in [-0.1, -0.05) is 36.4 Å². The Labute approximate surface area is 176 Å². The second kappa shape index (κ2) is 8.87. The first kappa shape index (κ1) is 19.1. The fourth-order valence-corrected chi connectivity index (χ4v) is 3.70. The van der Waals surface area contributed by atoms with Crippen LogP contribution < -0.4 is 15.0 Å². The third-order valence-electron chi connectivity index (χ3n) is 4.99. The summed E-state index contributed by atoms with van der Waals surface area (Å²) in [6.45, 7) is 3.34. The van der Waals surface area contributed by atoms with Crippen LogP contribution in [0.5, 0.6) is 5.75 Å². The van der Waals surface area contributed by atoms with Crippen molar-refractivity contribution in [2.75, 3.05) is 43.5 Å². The SMILES string of the molecule is COc1ccc(-c2ccccc2)cc1NC(=S)N1CCN(c2cnccn2)CC1. The quantitative estimate of drug-likeness (QED) is 0.665. The summed E-state index contributed by atoms with van der Waals surface area (Å²) in [7, 11) is 1.67. The van der Waals surface area contributed by atoms with Crippen LogP contribution in [0.25, 0.3) is 11.1 Å². The predicted octanol–water partition coefficient (Wildman–Crippen LogP) is 3.67. The molecule has 1 fully saturated rings. The van der Waals surface area contributed by atoms with E-state index in [1.54, 1.807) is 25.7 Å². The van der Waals surface area contributed by atoms with Gasteiger partial charge in [-0.15, -0.1) is 0 Å². The number of methoxy groups -OCH3 is 1. The minimum atomic E-state index is 0.701. The van der Waals surface area contributed by atoms with Crippen molar-refractivity contribution in [3.05, 3.63) is 67.1 Å². The van der Waals surface area contributed by atoms with Gasteiger partial charge in [-0.05, 0) is 35.5 Å². The largest absolute Gasteiger partial charge is 0.495 e. The molecule has 7 heteroatoms. The lowest BCUT2D eigenvalue weighted by Crippen LogP contribution is -2.50. The molecule has 1 N–H and O–H groups in total. The van der Waals surface area contributed by atoms with E-state index in [1.807, 2.05) is 24.3 Å². The fraction of sp³-hybridized carbons (Fsp3) is 0.227. The first-order chi connectivity index (χ1) is 14.2. The first-order valence-electron chi connectivity index (χ1n) is 9.55. The van der Waals surface area contributed by atoms with Crippen LogP contribution in [0.4, 0.5) is 11.5 Å². The van der Waals surface area contributed by atoms with E-state index in [9.17, 15) is 0 Å². The van der Waals surface area contributed by atoms with Gasteiger partial charge in [0.25, 0.3) is 0 Å². The Morgan fingerprint density at radius 3 is 2.48 bits per heavy atom. The molecule has 29 heavy (non-hydrogen) atoms. The van der Waals surface area contributed by atoms with Crippen molar-refractivity contribution >= 4 is 28.8 Å². The molecule has 4 rings (SSSR count). The van der Waals surface area contributed by atoms with Gasteiger partial charge in [0.1, 0.15) is 11.6 Å². The van der Waals surface area contributed by atoms with Gasteiger partial charge in [-0.2, -0.15) is 0 Å². The van der Waals surface area contributed by atoms with Gasteiger partial charge < -0.3 is 19.9 Å². The normalized spacial score (nSPS) is 13.8. The van der Waals surface area contributed by atoms with Crippen molar-refractivity contribution in [2.24, 2.45) is 0 Å². The average molecular weight is 406 g/mol. The lowest BCUT2D eigenvalue weighted by Gasteiger charge is -2.36. The topological polar surface area (TPSA) is 53.5 Å². The summed E-state index contributed by atoms with van der Waals surface area (Å²) < 4.78 is 5.54. The Morgan fingerprint density at radius 2 is 1.79 bits per heavy atom. The number of aromatic nitrogens is 2. The van der Waals surface area contributed by atoms with Crippen molar-refractivity contribution in [1.29, 1.82) is 0 Å². The number of ether oxygens (including phenoxy) is 1. The standard InChI is InChI=1S/C22H23N5OS/c1-28-20-8-7-18(17-5-3-2-4-6-17)15-19(20)25-22(29)27-13-11-26(12-14-27)21-16-23-9-10-24-21/h2-10,15-16H,11-14H2,1H3,(H,25,29). The summed E-state index contributed by atoms with van der Waals surface area (Å²) in [6.07, 6.45) is 5.21. The maximum Gasteiger partial charge on any atom is 0.173 e. The molecule has 0 unspecified atom stereocenters. The number of hydrogen-bond acceptors (Lipinski definition) is 5. The second-order valence-electron chi connectivity index (χ2n) is 6.75. The third-order valence-corrected chi connectivity index (χ3v) is 5.35. The van der Waals surface area contributed by atoms with E-state index in [0.717, 1.165) is 54.6 Å². The number of nitrogens with one attached hydrogen (secondary N) is 1. The highest BCUT2D eigenvalue weighted by Gasteiger charge is 2.20. The number of benzene rings is 2. The molecule has 6 nitrogen and oxygen atoms in total. The summed E-state index contributed by atoms with van der Waals surface area (Å²) in [5.74, 6) is 1.67. The summed E-state index contributed by atoms with van der Waals surface area (Å²) in [4.78, 5) is 12.9. The Morgan fingerprint density at radius 1 is 1.00 bits per heavy atom. The molecule has 0 amide bonds. The number of thiocarbonyl (C=S) groups is 1. The van der Waals surface area contributed by atoms with Crippen molar-refractivity contribution in [2.45, 2.75) is 0 Å². The third kappa shape index (κ3) is 4.46. The number of piperazine rings is 1. The van der Waals surface area contributed by atoms with Crippen molar-refractivity contribution in [3.63, 3.8) is 0 Å². The molecular weight excluding hydrogens is 382 g/mol. The van der Waals surface area contributed by atoms with Crippen LogP contribution in [-0.4, -0.2) is 53.3 Å². The molecule has 148 valence electrons. The van der Waals surface area contributed by atoms with E-state index < -0.39 is 0 Å². The summed E-state index contributed by atoms with van der Waals surface area (Å²) in [5, 5.41) is 4.08. The number of hydrogen-bond donors (Lipinski definition) is 1. The molecule has 0 saturated carbocycles. The van der Waals surface area contributed by atoms with Gasteiger partial charge in [-0.25, -0.2) is 4.98 Å². The Hall–Kier alpha value is -3.19. The number of nitrogens with zero attached hydrogens (tertiary/aromatic N) is 4. The molecule has 1 aliphatic rings. The van der Waals surface area contributed by atoms with Crippen LogP contribution in [0.2, 0.25) is 0 Å². The van der Waals surface area contributed by atoms with Crippen LogP contribution in [-0.2, 0) is 0 Å². The smallest absolute Gasteiger partial charge is 0.173 e. The van der Waals surface area contributed by atoms with Crippen LogP contribution in [0, 0.1) is 0 Å². The fourth-order valence-electron chi connectivity index (χ4n) is 3.40. The molecule has 1 saturated heterocycles. The molecule has 2 heterocycles. The second-order valence-corrected chi connectivity index (χ2v) is 7.14. The maximum absolute atomic E-state index is 5.69. The van der Waals surface area contributed by atoms with Gasteiger partial charge in [0.05, 0.1) is 19.0 Å². The van der Waals surface area contributed by atoms with Gasteiger partial charge >= 0.3 is 0 Å². The predicted molar refractivity (Wildman–Crippen MR) is 120 cm³/mol. The van der Waals surface area contributed by atoms with E-state index in [-0.39, 0.29) is 0 Å². The monoisotopic (exact) mass is 405 g/mol. The van der Waals surface area contributed by atoms with Crippen LogP contribution in [0.15, 0.2) is 67.1 Å². The molecular formula is C22H23N5OS. The minimum Gasteiger partial charge on any atom is -0.495 e. The molecule has 0 bridgehead atoms. The Kier molecular flexibility index (Phi) is 5.86. The average Bonchev–Trinajstić information content (AvgIpc) is 2.80. The van der Waals surface area contributed by atoms with E-state index >= 15 is 0 Å². The highest BCUT2D eigenvalue weighted by Crippen LogP contribution is 2.31. The summed E-state index contributed by atoms with van der Waals surface area (Å²) in [6, 6.07) is 16.4. The maximum atomic E-state index is 5.69. The van der Waals surface area contributed by atoms with Gasteiger partial charge in [0.15, 0.2) is 5.11 Å². The molecule has 0 aliphatic carbocycles. The molecule has 1 aliphatic heterocycles. The zero-order valence-electron chi connectivity index (χ0n) is 16.3. The minimum absolute atomic E-state index is 0.701. The van der Waals surface area contributed by atoms with E-state index in [4.69, 9.17) is 17.0 Å². The Bertz CT molecular complexity index is 959. The zero-order chi connectivity index (χ0) is 20.1. The lowest BCUT2D eigenvalue weighted by atomic mass is 10.0. The van der Waals surface area contributed by atoms with Crippen LogP contribution in [0.3, 0.4) is 0 Å². The summed E-state index contributed by atoms with van der Waals surface area (Å²) in [5.41, 5.74) is 3.14. The molecule has 3 aromatic rings. The van der Waals surface area contributed by atoms with Crippen LogP contribution in [0.1, 0.15) is 0 Å². The van der Waals surface area contributed by atoms with E-state index in [0.29, 0.717) is 5.11 Å². The molecule has 0 radical (unpaired) electrons. The number of rotatable bonds is 4. The van der Waals surface area contributed by atoms with Crippen molar-refractivity contribution in [3.8, 4) is 16.9 Å². The van der Waals surface area contributed by atoms with E-state index in [1.165, 1.54) is 0 Å². The molecule has 0 spiro atoms. The first-order valence-corrected chi connectivity index (χ1v) is 9.96. The number of anilines is 2. The van der Waals surface area contributed by atoms with Gasteiger partial charge in [0.2, 0.25) is 0 Å². The molecule has 0 atom stereocenters. The van der Waals surface area contributed by atoms with Crippen LogP contribution >= 0.6 is 12.2 Å². The molecule has 1 aromatic heterocycles. The van der Waals surface area contributed by atoms with Gasteiger partial charge in [0, 0.05) is 38.6 Å². The van der Waals surface area contributed by atoms with Crippen molar-refractivity contribution in [1.82, 2.24) is 14.9 Å². The van der Waals surface area contributed by atoms with E-state index in [2.05, 4.69) is 49.4 Å². The van der Waals surface area contributed by atoms with Gasteiger partial charge in [-0.3, -0.25) is 4.98 Å². The Balaban J connectivity index is 1.44. The highest BCUT2D eigenvalue weighted by atomic mass is 32.1. The summed E-state index contributed by atoms with van der Waals surface area (Å²) >= 11 is 5.69. The molecule has 2 aromatic carbocycles. The highest BCUT2D eigenvalue weighted by molar-refractivity contribution is 7.80. The van der Waals surface area contributed by atoms with Crippen molar-refractivity contribution < 1.29 is 4.74 Å². The lowest BCUT2D eigenvalue weighted by molar-refractivity contribution is 0.388. The zero-order valence-corrected chi connectivity index (χ0v) is 17.1.